The van der Waals surface area contributed by atoms with Crippen LogP contribution in [-0.4, -0.2) is 151 Å². The van der Waals surface area contributed by atoms with Crippen molar-refractivity contribution in [3.8, 4) is 0 Å². The molecule has 1 amide bonds. The summed E-state index contributed by atoms with van der Waals surface area (Å²) in [5.74, 6) is -2.37. The molecule has 4 heterocycles. The number of fused-ring (bicyclic) bond motifs is 1. The minimum Gasteiger partial charge on any atom is -0.394 e. The van der Waals surface area contributed by atoms with Crippen molar-refractivity contribution in [1.82, 2.24) is 24.6 Å². The molecule has 2 aromatic rings. The summed E-state index contributed by atoms with van der Waals surface area (Å²) >= 11 is 0. The number of carbonyl (C=O) groups excluding carboxylic acids is 1. The molecule has 4 rings (SSSR count). The quantitative estimate of drug-likeness (QED) is 0.0817. The number of rotatable bonds is 14. The van der Waals surface area contributed by atoms with Crippen LogP contribution in [-0.2, 0) is 32.4 Å². The maximum absolute atomic E-state index is 12.8. The Morgan fingerprint density at radius 3 is 2.32 bits per heavy atom. The van der Waals surface area contributed by atoms with Gasteiger partial charge in [-0.15, -0.1) is 0 Å². The lowest BCUT2D eigenvalue weighted by molar-refractivity contribution is -0.139. The van der Waals surface area contributed by atoms with E-state index in [0.717, 1.165) is 17.2 Å². The third kappa shape index (κ3) is 8.31. The van der Waals surface area contributed by atoms with Crippen LogP contribution in [0.3, 0.4) is 0 Å². The zero-order valence-electron chi connectivity index (χ0n) is 24.5. The van der Waals surface area contributed by atoms with E-state index in [9.17, 15) is 59.5 Å². The Labute approximate surface area is 264 Å². The normalized spacial score (nSPS) is 32.5. The first kappa shape index (κ1) is 37.5. The van der Waals surface area contributed by atoms with E-state index in [1.165, 1.54) is 13.8 Å². The van der Waals surface area contributed by atoms with Gasteiger partial charge in [-0.2, -0.15) is 0 Å². The van der Waals surface area contributed by atoms with Gasteiger partial charge in [0.2, 0.25) is 0 Å². The van der Waals surface area contributed by atoms with Gasteiger partial charge in [0.05, 0.1) is 25.6 Å². The summed E-state index contributed by atoms with van der Waals surface area (Å²) in [5, 5.41) is 83.4. The van der Waals surface area contributed by atoms with E-state index in [1.54, 1.807) is 5.09 Å². The molecule has 2 aliphatic heterocycles. The van der Waals surface area contributed by atoms with Gasteiger partial charge in [-0.05, 0) is 5.92 Å². The lowest BCUT2D eigenvalue weighted by Crippen LogP contribution is -2.43. The lowest BCUT2D eigenvalue weighted by atomic mass is 10.0. The monoisotopic (exact) mass is 718 g/mol. The van der Waals surface area contributed by atoms with Crippen LogP contribution in [0.5, 0.6) is 0 Å². The first-order chi connectivity index (χ1) is 21.9. The number of carbonyl (C=O) groups is 1. The molecular weight excluding hydrogens is 682 g/mol. The van der Waals surface area contributed by atoms with Crippen molar-refractivity contribution < 1.29 is 83.1 Å². The smallest absolute Gasteiger partial charge is 0.394 e. The topological polar surface area (TPSA) is 358 Å². The van der Waals surface area contributed by atoms with Gasteiger partial charge < -0.3 is 60.1 Å². The van der Waals surface area contributed by atoms with Gasteiger partial charge in [0, 0.05) is 0 Å². The van der Waals surface area contributed by atoms with Gasteiger partial charge in [-0.1, -0.05) is 13.8 Å². The number of aliphatic hydroxyl groups excluding tert-OH is 8. The molecule has 47 heavy (non-hydrogen) atoms. The molecule has 0 bridgehead atoms. The zero-order valence-corrected chi connectivity index (χ0v) is 26.3. The van der Waals surface area contributed by atoms with Gasteiger partial charge in [-0.3, -0.25) is 28.6 Å². The molecule has 2 aromatic heterocycles. The van der Waals surface area contributed by atoms with Gasteiger partial charge in [0.15, 0.2) is 35.6 Å². The number of anilines is 1. The highest BCUT2D eigenvalue weighted by Gasteiger charge is 2.49. The minimum absolute atomic E-state index is 0.128. The molecule has 266 valence electrons. The van der Waals surface area contributed by atoms with E-state index in [1.807, 2.05) is 0 Å². The molecule has 3 unspecified atom stereocenters. The van der Waals surface area contributed by atoms with E-state index in [-0.39, 0.29) is 11.2 Å². The molecule has 0 saturated carbocycles. The Hall–Kier alpha value is -2.28. The molecule has 12 N–H and O–H groups in total. The number of nitrogens with one attached hydrogen (secondary N) is 2. The highest BCUT2D eigenvalue weighted by molar-refractivity contribution is 7.54. The molecular formula is C22H36N6O17P2. The van der Waals surface area contributed by atoms with Crippen molar-refractivity contribution in [2.24, 2.45) is 5.92 Å². The van der Waals surface area contributed by atoms with Crippen molar-refractivity contribution >= 4 is 38.4 Å². The van der Waals surface area contributed by atoms with Crippen molar-refractivity contribution in [3.05, 3.63) is 12.7 Å². The molecule has 0 spiro atoms. The summed E-state index contributed by atoms with van der Waals surface area (Å²) in [6.07, 6.45) is -16.8. The van der Waals surface area contributed by atoms with Gasteiger partial charge in [0.25, 0.3) is 5.91 Å². The Morgan fingerprint density at radius 2 is 1.68 bits per heavy atom. The number of aliphatic hydroxyl groups is 8. The number of ether oxygens (including phenoxy) is 2. The number of imidazole rings is 1. The summed E-state index contributed by atoms with van der Waals surface area (Å²) in [5.41, 5.74) is -0.321. The third-order valence-corrected chi connectivity index (χ3v) is 9.22. The first-order valence-electron chi connectivity index (χ1n) is 13.8. The Kier molecular flexibility index (Phi) is 11.7. The number of hydrogen-bond acceptors (Lipinski definition) is 18. The van der Waals surface area contributed by atoms with E-state index >= 15 is 0 Å². The van der Waals surface area contributed by atoms with Gasteiger partial charge in [-0.25, -0.2) is 24.1 Å². The average molecular weight is 719 g/mol. The minimum atomic E-state index is -4.97. The van der Waals surface area contributed by atoms with Crippen LogP contribution in [0.2, 0.25) is 0 Å². The third-order valence-electron chi connectivity index (χ3n) is 7.23. The number of nitrogens with zero attached hydrogens (tertiary/aromatic N) is 4. The van der Waals surface area contributed by atoms with Crippen LogP contribution in [0.25, 0.3) is 11.2 Å². The van der Waals surface area contributed by atoms with Crippen LogP contribution in [0, 0.1) is 5.92 Å². The highest BCUT2D eigenvalue weighted by Crippen LogP contribution is 2.46. The molecule has 2 fully saturated rings. The van der Waals surface area contributed by atoms with Crippen LogP contribution < -0.4 is 10.2 Å². The summed E-state index contributed by atoms with van der Waals surface area (Å²) in [6.45, 7) is 1.29. The second kappa shape index (κ2) is 14.7. The molecule has 0 radical (unpaired) electrons. The summed E-state index contributed by atoms with van der Waals surface area (Å²) in [7, 11) is -9.93. The fraction of sp³-hybridized carbons (Fsp3) is 0.727. The van der Waals surface area contributed by atoms with Crippen molar-refractivity contribution in [1.29, 1.82) is 0 Å². The van der Waals surface area contributed by atoms with Crippen molar-refractivity contribution in [3.63, 3.8) is 0 Å². The van der Waals surface area contributed by atoms with E-state index in [4.69, 9.17) is 23.6 Å². The highest BCUT2D eigenvalue weighted by atomic mass is 31.2. The molecule has 0 aliphatic carbocycles. The van der Waals surface area contributed by atoms with E-state index in [2.05, 4.69) is 20.0 Å². The lowest BCUT2D eigenvalue weighted by Gasteiger charge is -2.22. The predicted molar refractivity (Wildman–Crippen MR) is 150 cm³/mol. The second-order valence-electron chi connectivity index (χ2n) is 11.0. The van der Waals surface area contributed by atoms with Gasteiger partial charge in [0.1, 0.15) is 49.1 Å². The summed E-state index contributed by atoms with van der Waals surface area (Å²) < 4.78 is 46.7. The fourth-order valence-electron chi connectivity index (χ4n) is 4.63. The standard InChI is InChI=1S/C22H36N6O17P2/c1-7(2)11(31)14(34)20(37)27-46(38,39)42-4-9-12(32)15(35)21(43-9)28-6-25-10-18(23-5-24-19(10)28)26-47(40,41)45-22-16(36)13(33)17(44-22)8(30)3-29/h5-9,11-17,21-22,29-36H,3-4H2,1-2H3,(H2,27,37,38,39)(H2,23,24,26,40,41)/t8-,9-,11-,12-,13-,14+,15-,16-,17+,21-,22?/m1/s1. The van der Waals surface area contributed by atoms with Crippen LogP contribution >= 0.6 is 15.5 Å². The van der Waals surface area contributed by atoms with Gasteiger partial charge >= 0.3 is 15.5 Å². The molecule has 2 aliphatic rings. The maximum atomic E-state index is 12.8. The fourth-order valence-corrected chi connectivity index (χ4v) is 6.39. The first-order valence-corrected chi connectivity index (χ1v) is 17.0. The summed E-state index contributed by atoms with van der Waals surface area (Å²) in [6, 6.07) is 0. The average Bonchev–Trinajstić information content (AvgIpc) is 3.64. The van der Waals surface area contributed by atoms with Crippen molar-refractivity contribution in [2.45, 2.75) is 81.3 Å². The zero-order chi connectivity index (χ0) is 35.0. The van der Waals surface area contributed by atoms with Crippen LogP contribution in [0.15, 0.2) is 12.7 Å². The largest absolute Gasteiger partial charge is 0.433 e. The summed E-state index contributed by atoms with van der Waals surface area (Å²) in [4.78, 5) is 44.3. The maximum Gasteiger partial charge on any atom is 0.433 e. The SMILES string of the molecule is CC(C)[C@@H](O)[C@H](O)C(=O)NP(=O)(O)OC[C@H]1O[C@@H](n2cnc3c(NP(=O)(O)OC4O[C@@H]([C@H](O)CO)[C@H](O)[C@H]4O)ncnc32)[C@H](O)[C@@H]1O. The second-order valence-corrected chi connectivity index (χ2v) is 14.0. The number of amides is 1. The molecule has 0 aromatic carbocycles. The van der Waals surface area contributed by atoms with Crippen LogP contribution in [0.4, 0.5) is 5.82 Å². The van der Waals surface area contributed by atoms with Crippen LogP contribution in [0.1, 0.15) is 20.1 Å². The van der Waals surface area contributed by atoms with E-state index in [0.29, 0.717) is 0 Å². The van der Waals surface area contributed by atoms with Crippen molar-refractivity contribution in [2.75, 3.05) is 18.3 Å². The Balaban J connectivity index is 1.43. The predicted octanol–water partition coefficient (Wildman–Crippen LogP) is -4.61. The molecule has 23 nitrogen and oxygen atoms in total. The Morgan fingerprint density at radius 1 is 1.00 bits per heavy atom. The molecule has 25 heteroatoms. The Bertz CT molecular complexity index is 1500. The molecule has 13 atom stereocenters. The molecule has 2 saturated heterocycles. The van der Waals surface area contributed by atoms with E-state index < -0.39 is 114 Å². The number of hydrogen-bond donors (Lipinski definition) is 12. The number of aromatic nitrogens is 4.